The van der Waals surface area contributed by atoms with Crippen molar-refractivity contribution in [3.63, 3.8) is 0 Å². The highest BCUT2D eigenvalue weighted by molar-refractivity contribution is 8.00. The molecular weight excluding hydrogens is 395 g/mol. The average Bonchev–Trinajstić information content (AvgIpc) is 3.02. The fourth-order valence-electron chi connectivity index (χ4n) is 2.09. The molecule has 0 aliphatic carbocycles. The zero-order chi connectivity index (χ0) is 17.8. The monoisotopic (exact) mass is 408 g/mol. The van der Waals surface area contributed by atoms with Crippen molar-refractivity contribution >= 4 is 57.3 Å². The second-order valence-corrected chi connectivity index (χ2v) is 8.06. The number of nitrogens with one attached hydrogen (secondary N) is 1. The lowest BCUT2D eigenvalue weighted by atomic mass is 10.2. The maximum atomic E-state index is 12.1. The predicted octanol–water partition coefficient (Wildman–Crippen LogP) is 6.16. The molecule has 2 aromatic carbocycles. The Balaban J connectivity index is 1.60. The predicted molar refractivity (Wildman–Crippen MR) is 108 cm³/mol. The van der Waals surface area contributed by atoms with Crippen molar-refractivity contribution in [3.8, 4) is 11.3 Å². The van der Waals surface area contributed by atoms with Gasteiger partial charge in [-0.05, 0) is 37.3 Å². The molecule has 1 amide bonds. The molecule has 1 heterocycles. The van der Waals surface area contributed by atoms with Crippen LogP contribution in [0.3, 0.4) is 0 Å². The third kappa shape index (κ3) is 4.98. The van der Waals surface area contributed by atoms with Crippen molar-refractivity contribution < 1.29 is 4.79 Å². The van der Waals surface area contributed by atoms with Crippen molar-refractivity contribution in [1.82, 2.24) is 4.98 Å². The number of nitrogens with zero attached hydrogens (tertiary/aromatic N) is 1. The van der Waals surface area contributed by atoms with Gasteiger partial charge in [-0.1, -0.05) is 40.9 Å². The van der Waals surface area contributed by atoms with Gasteiger partial charge in [0.05, 0.1) is 16.5 Å². The van der Waals surface area contributed by atoms with E-state index < -0.39 is 0 Å². The molecule has 1 aromatic heterocycles. The zero-order valence-electron chi connectivity index (χ0n) is 13.3. The standard InChI is InChI=1S/C18H14Cl2N2OS2/c1-11-2-5-13(6-3-11)24-10-17(23)22-18-21-16(9-25-18)14-7-4-12(19)8-15(14)20/h2-9H,10H2,1H3,(H,21,22,23). The molecule has 0 saturated carbocycles. The number of aromatic nitrogens is 1. The van der Waals surface area contributed by atoms with Crippen LogP contribution in [0, 0.1) is 6.92 Å². The van der Waals surface area contributed by atoms with Gasteiger partial charge in [-0.3, -0.25) is 4.79 Å². The van der Waals surface area contributed by atoms with Crippen LogP contribution in [0.5, 0.6) is 0 Å². The normalized spacial score (nSPS) is 10.7. The lowest BCUT2D eigenvalue weighted by Gasteiger charge is -2.03. The number of thioether (sulfide) groups is 1. The van der Waals surface area contributed by atoms with Crippen LogP contribution in [0.1, 0.15) is 5.56 Å². The number of anilines is 1. The smallest absolute Gasteiger partial charge is 0.236 e. The molecule has 0 aliphatic rings. The van der Waals surface area contributed by atoms with Crippen molar-refractivity contribution in [2.45, 2.75) is 11.8 Å². The quantitative estimate of drug-likeness (QED) is 0.514. The molecule has 3 rings (SSSR count). The Morgan fingerprint density at radius 1 is 1.20 bits per heavy atom. The first-order valence-corrected chi connectivity index (χ1v) is 10.0. The summed E-state index contributed by atoms with van der Waals surface area (Å²) >= 11 is 15.0. The number of hydrogen-bond donors (Lipinski definition) is 1. The first-order valence-electron chi connectivity index (χ1n) is 7.41. The first-order chi connectivity index (χ1) is 12.0. The van der Waals surface area contributed by atoms with Crippen molar-refractivity contribution in [2.24, 2.45) is 0 Å². The van der Waals surface area contributed by atoms with Gasteiger partial charge in [0.15, 0.2) is 5.13 Å². The molecule has 7 heteroatoms. The van der Waals surface area contributed by atoms with Crippen molar-refractivity contribution in [1.29, 1.82) is 0 Å². The Kier molecular flexibility index (Phi) is 6.02. The van der Waals surface area contributed by atoms with Gasteiger partial charge >= 0.3 is 0 Å². The van der Waals surface area contributed by atoms with E-state index in [-0.39, 0.29) is 5.91 Å². The molecule has 0 aliphatic heterocycles. The lowest BCUT2D eigenvalue weighted by molar-refractivity contribution is -0.113. The van der Waals surface area contributed by atoms with Gasteiger partial charge in [0.25, 0.3) is 0 Å². The molecule has 0 unspecified atom stereocenters. The molecule has 0 radical (unpaired) electrons. The SMILES string of the molecule is Cc1ccc(SCC(=O)Nc2nc(-c3ccc(Cl)cc3Cl)cs2)cc1. The summed E-state index contributed by atoms with van der Waals surface area (Å²) in [6.45, 7) is 2.04. The maximum Gasteiger partial charge on any atom is 0.236 e. The van der Waals surface area contributed by atoms with Gasteiger partial charge < -0.3 is 5.32 Å². The lowest BCUT2D eigenvalue weighted by Crippen LogP contribution is -2.13. The summed E-state index contributed by atoms with van der Waals surface area (Å²) in [7, 11) is 0. The van der Waals surface area contributed by atoms with Crippen LogP contribution in [0.2, 0.25) is 10.0 Å². The minimum Gasteiger partial charge on any atom is -0.301 e. The van der Waals surface area contributed by atoms with E-state index in [1.165, 1.54) is 28.7 Å². The Hall–Kier alpha value is -1.53. The van der Waals surface area contributed by atoms with Crippen LogP contribution < -0.4 is 5.32 Å². The number of halogens is 2. The Bertz CT molecular complexity index is 894. The largest absolute Gasteiger partial charge is 0.301 e. The van der Waals surface area contributed by atoms with Crippen molar-refractivity contribution in [2.75, 3.05) is 11.1 Å². The molecular formula is C18H14Cl2N2OS2. The van der Waals surface area contributed by atoms with Gasteiger partial charge in [0.1, 0.15) is 0 Å². The average molecular weight is 409 g/mol. The summed E-state index contributed by atoms with van der Waals surface area (Å²) in [5.74, 6) is 0.244. The molecule has 3 aromatic rings. The van der Waals surface area contributed by atoms with Crippen molar-refractivity contribution in [3.05, 3.63) is 63.5 Å². The van der Waals surface area contributed by atoms with E-state index >= 15 is 0 Å². The van der Waals surface area contributed by atoms with Gasteiger partial charge in [-0.15, -0.1) is 23.1 Å². The van der Waals surface area contributed by atoms with Gasteiger partial charge in [0, 0.05) is 20.9 Å². The van der Waals surface area contributed by atoms with Gasteiger partial charge in [0.2, 0.25) is 5.91 Å². The Morgan fingerprint density at radius 3 is 2.68 bits per heavy atom. The van der Waals surface area contributed by atoms with Crippen LogP contribution >= 0.6 is 46.3 Å². The van der Waals surface area contributed by atoms with Crippen LogP contribution in [-0.4, -0.2) is 16.6 Å². The molecule has 0 fully saturated rings. The minimum absolute atomic E-state index is 0.0892. The molecule has 1 N–H and O–H groups in total. The molecule has 25 heavy (non-hydrogen) atoms. The number of carbonyl (C=O) groups excluding carboxylic acids is 1. The highest BCUT2D eigenvalue weighted by Gasteiger charge is 2.11. The number of thiazole rings is 1. The van der Waals surface area contributed by atoms with Gasteiger partial charge in [-0.25, -0.2) is 4.98 Å². The summed E-state index contributed by atoms with van der Waals surface area (Å²) in [4.78, 5) is 17.6. The highest BCUT2D eigenvalue weighted by atomic mass is 35.5. The fourth-order valence-corrected chi connectivity index (χ4v) is 4.02. The summed E-state index contributed by atoms with van der Waals surface area (Å²) in [5.41, 5.74) is 2.70. The molecule has 3 nitrogen and oxygen atoms in total. The number of benzene rings is 2. The van der Waals surface area contributed by atoms with Gasteiger partial charge in [-0.2, -0.15) is 0 Å². The third-order valence-corrected chi connectivity index (χ3v) is 5.67. The third-order valence-electron chi connectivity index (χ3n) is 3.35. The molecule has 128 valence electrons. The van der Waals surface area contributed by atoms with Crippen LogP contribution in [0.25, 0.3) is 11.3 Å². The summed E-state index contributed by atoms with van der Waals surface area (Å²) < 4.78 is 0. The van der Waals surface area contributed by atoms with Crippen LogP contribution in [0.15, 0.2) is 52.7 Å². The topological polar surface area (TPSA) is 42.0 Å². The van der Waals surface area contributed by atoms with Crippen LogP contribution in [-0.2, 0) is 4.79 Å². The number of hydrogen-bond acceptors (Lipinski definition) is 4. The van der Waals surface area contributed by atoms with E-state index in [4.69, 9.17) is 23.2 Å². The summed E-state index contributed by atoms with van der Waals surface area (Å²) in [5, 5.41) is 6.34. The summed E-state index contributed by atoms with van der Waals surface area (Å²) in [6.07, 6.45) is 0. The number of amides is 1. The van der Waals surface area contributed by atoms with E-state index in [9.17, 15) is 4.79 Å². The molecule has 0 spiro atoms. The first kappa shape index (κ1) is 18.3. The summed E-state index contributed by atoms with van der Waals surface area (Å²) in [6, 6.07) is 13.3. The molecule has 0 atom stereocenters. The second kappa shape index (κ2) is 8.23. The van der Waals surface area contributed by atoms with Crippen LogP contribution in [0.4, 0.5) is 5.13 Å². The number of aryl methyl sites for hydroxylation is 1. The van der Waals surface area contributed by atoms with E-state index in [2.05, 4.69) is 10.3 Å². The minimum atomic E-state index is -0.0892. The highest BCUT2D eigenvalue weighted by Crippen LogP contribution is 2.32. The number of carbonyl (C=O) groups is 1. The second-order valence-electron chi connectivity index (χ2n) is 5.31. The molecule has 0 saturated heterocycles. The van der Waals surface area contributed by atoms with E-state index in [1.54, 1.807) is 12.1 Å². The Labute approximate surface area is 164 Å². The van der Waals surface area contributed by atoms with E-state index in [0.29, 0.717) is 26.6 Å². The number of rotatable bonds is 5. The van der Waals surface area contributed by atoms with E-state index in [0.717, 1.165) is 10.5 Å². The Morgan fingerprint density at radius 2 is 1.96 bits per heavy atom. The molecule has 0 bridgehead atoms. The van der Waals surface area contributed by atoms with E-state index in [1.807, 2.05) is 42.6 Å². The maximum absolute atomic E-state index is 12.1. The fraction of sp³-hybridized carbons (Fsp3) is 0.111. The zero-order valence-corrected chi connectivity index (χ0v) is 16.4.